The molecule has 2 atom stereocenters. The van der Waals surface area contributed by atoms with Gasteiger partial charge < -0.3 is 5.32 Å². The fourth-order valence-electron chi connectivity index (χ4n) is 4.77. The quantitative estimate of drug-likeness (QED) is 0.520. The van der Waals surface area contributed by atoms with Gasteiger partial charge in [0.1, 0.15) is 6.54 Å². The third-order valence-corrected chi connectivity index (χ3v) is 7.68. The molecule has 9 heteroatoms. The Labute approximate surface area is 209 Å². The van der Waals surface area contributed by atoms with E-state index in [-0.39, 0.29) is 24.4 Å². The summed E-state index contributed by atoms with van der Waals surface area (Å²) in [6.45, 7) is 6.15. The Kier molecular flexibility index (Phi) is 6.88. The number of carbonyl (C=O) groups is 2. The normalized spacial score (nSPS) is 18.0. The highest BCUT2D eigenvalue weighted by atomic mass is 32.2. The number of rotatable bonds is 6. The van der Waals surface area contributed by atoms with E-state index < -0.39 is 5.25 Å². The second-order valence-electron chi connectivity index (χ2n) is 9.03. The van der Waals surface area contributed by atoms with Crippen LogP contribution in [0.4, 0.5) is 11.4 Å². The summed E-state index contributed by atoms with van der Waals surface area (Å²) in [5, 5.41) is 12.2. The Balaban J connectivity index is 1.43. The number of fused-ring (bicyclic) bond motifs is 1. The second kappa shape index (κ2) is 10.2. The molecule has 0 spiro atoms. The van der Waals surface area contributed by atoms with Gasteiger partial charge in [-0.2, -0.15) is 0 Å². The molecule has 0 bridgehead atoms. The van der Waals surface area contributed by atoms with Crippen molar-refractivity contribution in [3.8, 4) is 5.69 Å². The predicted molar refractivity (Wildman–Crippen MR) is 138 cm³/mol. The number of aromatic nitrogens is 3. The highest BCUT2D eigenvalue weighted by Crippen LogP contribution is 2.34. The van der Waals surface area contributed by atoms with Gasteiger partial charge in [0.15, 0.2) is 11.0 Å². The van der Waals surface area contributed by atoms with Crippen LogP contribution in [-0.4, -0.2) is 56.4 Å². The monoisotopic (exact) mass is 490 g/mol. The number of para-hydroxylation sites is 3. The summed E-state index contributed by atoms with van der Waals surface area (Å²) in [7, 11) is 0. The highest BCUT2D eigenvalue weighted by molar-refractivity contribution is 8.00. The molecular formula is C26H30N6O2S. The lowest BCUT2D eigenvalue weighted by atomic mass is 10.1. The van der Waals surface area contributed by atoms with Gasteiger partial charge >= 0.3 is 0 Å². The molecule has 0 aliphatic carbocycles. The van der Waals surface area contributed by atoms with Gasteiger partial charge in [-0.1, -0.05) is 48.5 Å². The molecule has 3 aromatic rings. The van der Waals surface area contributed by atoms with Crippen LogP contribution in [0.25, 0.3) is 5.69 Å². The molecule has 1 saturated heterocycles. The molecule has 2 amide bonds. The number of carbonyl (C=O) groups excluding carboxylic acids is 2. The summed E-state index contributed by atoms with van der Waals surface area (Å²) < 4.78 is 2.07. The number of nitrogens with zero attached hydrogens (tertiary/aromatic N) is 5. The van der Waals surface area contributed by atoms with Crippen LogP contribution in [0.3, 0.4) is 0 Å². The SMILES string of the molecule is C[C@H](Sc1nnc([C@H](C)N2CCCCC2)n1-c1ccccc1)C(=O)N1CC(=O)Nc2ccccc21. The zero-order valence-corrected chi connectivity index (χ0v) is 20.9. The van der Waals surface area contributed by atoms with Gasteiger partial charge in [-0.15, -0.1) is 10.2 Å². The van der Waals surface area contributed by atoms with Crippen molar-refractivity contribution in [3.63, 3.8) is 0 Å². The molecule has 5 rings (SSSR count). The lowest BCUT2D eigenvalue weighted by Gasteiger charge is -2.32. The molecule has 3 heterocycles. The van der Waals surface area contributed by atoms with Crippen molar-refractivity contribution in [1.29, 1.82) is 0 Å². The Morgan fingerprint density at radius 1 is 0.971 bits per heavy atom. The van der Waals surface area contributed by atoms with Crippen LogP contribution in [0.5, 0.6) is 0 Å². The third-order valence-electron chi connectivity index (χ3n) is 6.65. The number of amides is 2. The molecule has 35 heavy (non-hydrogen) atoms. The summed E-state index contributed by atoms with van der Waals surface area (Å²) in [5.74, 6) is 0.549. The van der Waals surface area contributed by atoms with Gasteiger partial charge in [-0.25, -0.2) is 0 Å². The van der Waals surface area contributed by atoms with Crippen molar-refractivity contribution in [2.45, 2.75) is 49.6 Å². The lowest BCUT2D eigenvalue weighted by molar-refractivity contribution is -0.121. The number of nitrogens with one attached hydrogen (secondary N) is 1. The molecule has 2 aliphatic rings. The Morgan fingerprint density at radius 2 is 1.69 bits per heavy atom. The average molecular weight is 491 g/mol. The van der Waals surface area contributed by atoms with E-state index in [9.17, 15) is 9.59 Å². The summed E-state index contributed by atoms with van der Waals surface area (Å²) in [4.78, 5) is 29.8. The predicted octanol–water partition coefficient (Wildman–Crippen LogP) is 4.28. The Hall–Kier alpha value is -3.17. The average Bonchev–Trinajstić information content (AvgIpc) is 3.31. The van der Waals surface area contributed by atoms with Crippen LogP contribution in [0.2, 0.25) is 0 Å². The minimum atomic E-state index is -0.459. The number of benzene rings is 2. The Morgan fingerprint density at radius 3 is 2.46 bits per heavy atom. The van der Waals surface area contributed by atoms with E-state index in [1.165, 1.54) is 31.0 Å². The Bertz CT molecular complexity index is 1210. The molecule has 0 saturated carbocycles. The van der Waals surface area contributed by atoms with Gasteiger partial charge in [0.25, 0.3) is 0 Å². The van der Waals surface area contributed by atoms with Crippen LogP contribution in [-0.2, 0) is 9.59 Å². The maximum Gasteiger partial charge on any atom is 0.244 e. The summed E-state index contributed by atoms with van der Waals surface area (Å²) in [6, 6.07) is 17.6. The smallest absolute Gasteiger partial charge is 0.244 e. The number of piperidine rings is 1. The molecule has 2 aliphatic heterocycles. The zero-order valence-electron chi connectivity index (χ0n) is 20.1. The van der Waals surface area contributed by atoms with E-state index in [1.807, 2.05) is 61.5 Å². The number of likely N-dealkylation sites (tertiary alicyclic amines) is 1. The number of hydrogen-bond acceptors (Lipinski definition) is 6. The van der Waals surface area contributed by atoms with Gasteiger partial charge in [0.2, 0.25) is 11.8 Å². The first kappa shape index (κ1) is 23.6. The number of hydrogen-bond donors (Lipinski definition) is 1. The minimum absolute atomic E-state index is 0.00334. The molecule has 182 valence electrons. The van der Waals surface area contributed by atoms with E-state index in [2.05, 4.69) is 31.9 Å². The molecule has 0 radical (unpaired) electrons. The van der Waals surface area contributed by atoms with Crippen LogP contribution in [0.15, 0.2) is 59.8 Å². The first-order valence-electron chi connectivity index (χ1n) is 12.1. The van der Waals surface area contributed by atoms with Gasteiger partial charge in [0, 0.05) is 5.69 Å². The van der Waals surface area contributed by atoms with Crippen molar-refractivity contribution < 1.29 is 9.59 Å². The maximum atomic E-state index is 13.5. The summed E-state index contributed by atoms with van der Waals surface area (Å²) in [6.07, 6.45) is 3.66. The first-order valence-corrected chi connectivity index (χ1v) is 13.0. The van der Waals surface area contributed by atoms with E-state index in [0.717, 1.165) is 24.6 Å². The van der Waals surface area contributed by atoms with E-state index in [1.54, 1.807) is 4.90 Å². The van der Waals surface area contributed by atoms with Crippen LogP contribution in [0.1, 0.15) is 45.0 Å². The van der Waals surface area contributed by atoms with E-state index in [4.69, 9.17) is 0 Å². The maximum absolute atomic E-state index is 13.5. The minimum Gasteiger partial charge on any atom is -0.323 e. The van der Waals surface area contributed by atoms with E-state index >= 15 is 0 Å². The van der Waals surface area contributed by atoms with Crippen molar-refractivity contribution in [3.05, 3.63) is 60.4 Å². The molecule has 2 aromatic carbocycles. The highest BCUT2D eigenvalue weighted by Gasteiger charge is 2.32. The van der Waals surface area contributed by atoms with Gasteiger partial charge in [0.05, 0.1) is 22.7 Å². The number of thioether (sulfide) groups is 1. The molecule has 8 nitrogen and oxygen atoms in total. The summed E-state index contributed by atoms with van der Waals surface area (Å²) >= 11 is 1.38. The molecule has 1 aromatic heterocycles. The van der Waals surface area contributed by atoms with Gasteiger partial charge in [-0.3, -0.25) is 24.0 Å². The van der Waals surface area contributed by atoms with Crippen molar-refractivity contribution in [2.24, 2.45) is 0 Å². The van der Waals surface area contributed by atoms with Crippen molar-refractivity contribution in [2.75, 3.05) is 29.9 Å². The number of anilines is 2. The lowest BCUT2D eigenvalue weighted by Crippen LogP contribution is -2.45. The first-order chi connectivity index (χ1) is 17.0. The van der Waals surface area contributed by atoms with Crippen LogP contribution >= 0.6 is 11.8 Å². The summed E-state index contributed by atoms with van der Waals surface area (Å²) in [5.41, 5.74) is 2.34. The van der Waals surface area contributed by atoms with E-state index in [0.29, 0.717) is 16.5 Å². The topological polar surface area (TPSA) is 83.4 Å². The van der Waals surface area contributed by atoms with Crippen LogP contribution < -0.4 is 10.2 Å². The fraction of sp³-hybridized carbons (Fsp3) is 0.385. The molecule has 1 fully saturated rings. The van der Waals surface area contributed by atoms with Crippen molar-refractivity contribution in [1.82, 2.24) is 19.7 Å². The largest absolute Gasteiger partial charge is 0.323 e. The molecule has 0 unspecified atom stereocenters. The third kappa shape index (κ3) is 4.83. The molecule has 1 N–H and O–H groups in total. The molecular weight excluding hydrogens is 460 g/mol. The van der Waals surface area contributed by atoms with Crippen LogP contribution in [0, 0.1) is 0 Å². The van der Waals surface area contributed by atoms with Gasteiger partial charge in [-0.05, 0) is 64.0 Å². The van der Waals surface area contributed by atoms with Crippen molar-refractivity contribution >= 4 is 35.0 Å². The fourth-order valence-corrected chi connectivity index (χ4v) is 5.71. The standard InChI is InChI=1S/C26H30N6O2S/c1-18(30-15-9-4-10-16-30)24-28-29-26(32(24)20-11-5-3-6-12-20)35-19(2)25(34)31-17-23(33)27-21-13-7-8-14-22(21)31/h3,5-8,11-14,18-19H,4,9-10,15-17H2,1-2H3,(H,27,33)/t18-,19-/m0/s1. The zero-order chi connectivity index (χ0) is 24.4. The second-order valence-corrected chi connectivity index (χ2v) is 10.3.